The van der Waals surface area contributed by atoms with Crippen molar-refractivity contribution in [2.45, 2.75) is 58.1 Å². The molecule has 0 aromatic heterocycles. The van der Waals surface area contributed by atoms with Gasteiger partial charge in [0.2, 0.25) is 11.8 Å². The molecule has 3 aromatic rings. The summed E-state index contributed by atoms with van der Waals surface area (Å²) in [6.45, 7) is 8.08. The van der Waals surface area contributed by atoms with Gasteiger partial charge >= 0.3 is 0 Å². The minimum Gasteiger partial charge on any atom is -0.352 e. The van der Waals surface area contributed by atoms with Gasteiger partial charge in [0, 0.05) is 17.6 Å². The summed E-state index contributed by atoms with van der Waals surface area (Å²) in [5, 5.41) is 3.14. The molecule has 2 amide bonds. The number of rotatable bonds is 10. The summed E-state index contributed by atoms with van der Waals surface area (Å²) in [6, 6.07) is 15.6. The minimum absolute atomic E-state index is 0.0101. The lowest BCUT2D eigenvalue weighted by Gasteiger charge is -2.32. The van der Waals surface area contributed by atoms with E-state index in [0.29, 0.717) is 16.1 Å². The van der Waals surface area contributed by atoms with E-state index in [-0.39, 0.29) is 23.2 Å². The summed E-state index contributed by atoms with van der Waals surface area (Å²) in [7, 11) is -4.21. The molecule has 1 N–H and O–H groups in total. The normalized spacial score (nSPS) is 12.2. The van der Waals surface area contributed by atoms with Crippen molar-refractivity contribution in [3.63, 3.8) is 0 Å². The van der Waals surface area contributed by atoms with E-state index in [1.165, 1.54) is 41.3 Å². The number of nitrogens with one attached hydrogen (secondary N) is 1. The summed E-state index contributed by atoms with van der Waals surface area (Å²) < 4.78 is 42.4. The number of nitrogens with zero attached hydrogens (tertiary/aromatic N) is 2. The zero-order chi connectivity index (χ0) is 28.9. The van der Waals surface area contributed by atoms with E-state index in [2.05, 4.69) is 5.32 Å². The Labute approximate surface area is 234 Å². The van der Waals surface area contributed by atoms with Gasteiger partial charge in [-0.25, -0.2) is 12.8 Å². The topological polar surface area (TPSA) is 86.8 Å². The Balaban J connectivity index is 2.07. The first-order valence-corrected chi connectivity index (χ1v) is 14.3. The van der Waals surface area contributed by atoms with Crippen molar-refractivity contribution >= 4 is 39.1 Å². The third-order valence-corrected chi connectivity index (χ3v) is 8.44. The zero-order valence-corrected chi connectivity index (χ0v) is 24.2. The van der Waals surface area contributed by atoms with Crippen LogP contribution in [0.4, 0.5) is 10.1 Å². The first-order chi connectivity index (χ1) is 18.3. The Hall–Kier alpha value is -3.43. The predicted molar refractivity (Wildman–Crippen MR) is 152 cm³/mol. The van der Waals surface area contributed by atoms with Crippen LogP contribution in [0.5, 0.6) is 0 Å². The Morgan fingerprint density at radius 3 is 2.15 bits per heavy atom. The van der Waals surface area contributed by atoms with Crippen molar-refractivity contribution in [2.75, 3.05) is 10.8 Å². The number of aryl methyl sites for hydroxylation is 1. The van der Waals surface area contributed by atoms with Gasteiger partial charge < -0.3 is 10.2 Å². The van der Waals surface area contributed by atoms with Crippen molar-refractivity contribution in [2.24, 2.45) is 0 Å². The second kappa shape index (κ2) is 12.6. The third-order valence-electron chi connectivity index (χ3n) is 6.26. The van der Waals surface area contributed by atoms with E-state index in [0.717, 1.165) is 9.87 Å². The van der Waals surface area contributed by atoms with Crippen molar-refractivity contribution in [3.8, 4) is 0 Å². The summed E-state index contributed by atoms with van der Waals surface area (Å²) in [5.74, 6) is -1.44. The van der Waals surface area contributed by atoms with E-state index in [1.807, 2.05) is 6.92 Å². The van der Waals surface area contributed by atoms with Gasteiger partial charge in [-0.1, -0.05) is 47.5 Å². The van der Waals surface area contributed by atoms with Gasteiger partial charge in [-0.2, -0.15) is 0 Å². The van der Waals surface area contributed by atoms with Gasteiger partial charge in [-0.15, -0.1) is 0 Å². The highest BCUT2D eigenvalue weighted by atomic mass is 35.5. The maximum Gasteiger partial charge on any atom is 0.264 e. The summed E-state index contributed by atoms with van der Waals surface area (Å²) in [6.07, 6.45) is 0. The Morgan fingerprint density at radius 1 is 0.949 bits per heavy atom. The van der Waals surface area contributed by atoms with Crippen molar-refractivity contribution in [1.29, 1.82) is 0 Å². The van der Waals surface area contributed by atoms with Gasteiger partial charge in [-0.05, 0) is 82.1 Å². The number of carbonyl (C=O) groups is 2. The molecular formula is C29H33ClFN3O4S. The second-order valence-corrected chi connectivity index (χ2v) is 12.0. The van der Waals surface area contributed by atoms with Crippen LogP contribution in [-0.4, -0.2) is 43.8 Å². The van der Waals surface area contributed by atoms with Crippen LogP contribution in [0, 0.1) is 19.7 Å². The van der Waals surface area contributed by atoms with Crippen LogP contribution in [0.1, 0.15) is 37.5 Å². The van der Waals surface area contributed by atoms with Crippen LogP contribution in [0.3, 0.4) is 0 Å². The van der Waals surface area contributed by atoms with Crippen LogP contribution in [0.2, 0.25) is 5.02 Å². The number of hydrogen-bond acceptors (Lipinski definition) is 4. The number of carbonyl (C=O) groups excluding carboxylic acids is 2. The van der Waals surface area contributed by atoms with E-state index >= 15 is 0 Å². The highest BCUT2D eigenvalue weighted by Gasteiger charge is 2.33. The Kier molecular flexibility index (Phi) is 9.74. The van der Waals surface area contributed by atoms with Crippen LogP contribution in [-0.2, 0) is 26.2 Å². The fraction of sp³-hybridized carbons (Fsp3) is 0.310. The molecule has 0 bridgehead atoms. The van der Waals surface area contributed by atoms with Crippen molar-refractivity contribution < 1.29 is 22.4 Å². The van der Waals surface area contributed by atoms with E-state index in [9.17, 15) is 22.4 Å². The highest BCUT2D eigenvalue weighted by molar-refractivity contribution is 7.92. The number of hydrogen-bond donors (Lipinski definition) is 1. The molecule has 10 heteroatoms. The Bertz CT molecular complexity index is 1430. The number of amides is 2. The van der Waals surface area contributed by atoms with Gasteiger partial charge in [0.05, 0.1) is 10.6 Å². The van der Waals surface area contributed by atoms with Crippen LogP contribution in [0.15, 0.2) is 71.6 Å². The van der Waals surface area contributed by atoms with Crippen LogP contribution in [0.25, 0.3) is 0 Å². The van der Waals surface area contributed by atoms with Crippen LogP contribution < -0.4 is 9.62 Å². The first-order valence-electron chi connectivity index (χ1n) is 12.5. The molecule has 3 rings (SSSR count). The molecule has 3 aromatic carbocycles. The number of benzene rings is 3. The number of halogens is 2. The lowest BCUT2D eigenvalue weighted by atomic mass is 10.1. The predicted octanol–water partition coefficient (Wildman–Crippen LogP) is 5.23. The molecule has 208 valence electrons. The molecule has 0 unspecified atom stereocenters. The lowest BCUT2D eigenvalue weighted by molar-refractivity contribution is -0.139. The molecule has 0 aliphatic carbocycles. The molecule has 0 radical (unpaired) electrons. The molecule has 0 heterocycles. The molecule has 0 aliphatic rings. The molecule has 0 aliphatic heterocycles. The van der Waals surface area contributed by atoms with Gasteiger partial charge in [0.1, 0.15) is 18.4 Å². The zero-order valence-electron chi connectivity index (χ0n) is 22.6. The molecule has 39 heavy (non-hydrogen) atoms. The fourth-order valence-corrected chi connectivity index (χ4v) is 5.63. The molecule has 0 saturated carbocycles. The fourth-order valence-electron chi connectivity index (χ4n) is 3.99. The van der Waals surface area contributed by atoms with E-state index in [4.69, 9.17) is 11.6 Å². The maximum atomic E-state index is 13.9. The molecule has 1 atom stereocenters. The maximum absolute atomic E-state index is 13.9. The molecule has 0 fully saturated rings. The summed E-state index contributed by atoms with van der Waals surface area (Å²) in [5.41, 5.74) is 2.20. The molecule has 0 spiro atoms. The molecular weight excluding hydrogens is 541 g/mol. The lowest BCUT2D eigenvalue weighted by Crippen LogP contribution is -2.52. The standard InChI is InChI=1S/C29H33ClFN3O4S/c1-19(2)32-29(36)22(5)33(17-23-11-13-24(31)14-12-23)28(35)18-34(27-8-6-7-26(30)21(27)4)39(37,38)25-15-9-20(3)10-16-25/h6-16,19,22H,17-18H2,1-5H3,(H,32,36)/t22-/m1/s1. The van der Waals surface area contributed by atoms with E-state index < -0.39 is 40.2 Å². The molecule has 7 nitrogen and oxygen atoms in total. The van der Waals surface area contributed by atoms with Crippen molar-refractivity contribution in [3.05, 3.63) is 94.3 Å². The smallest absolute Gasteiger partial charge is 0.264 e. The second-order valence-electron chi connectivity index (χ2n) is 9.70. The minimum atomic E-state index is -4.21. The van der Waals surface area contributed by atoms with Gasteiger partial charge in [0.15, 0.2) is 0 Å². The van der Waals surface area contributed by atoms with Crippen LogP contribution >= 0.6 is 11.6 Å². The van der Waals surface area contributed by atoms with E-state index in [1.54, 1.807) is 58.0 Å². The highest BCUT2D eigenvalue weighted by Crippen LogP contribution is 2.31. The van der Waals surface area contributed by atoms with Crippen molar-refractivity contribution in [1.82, 2.24) is 10.2 Å². The SMILES string of the molecule is Cc1ccc(S(=O)(=O)N(CC(=O)N(Cc2ccc(F)cc2)[C@H](C)C(=O)NC(C)C)c2cccc(Cl)c2C)cc1. The quantitative estimate of drug-likeness (QED) is 0.360. The number of anilines is 1. The monoisotopic (exact) mass is 573 g/mol. The average Bonchev–Trinajstić information content (AvgIpc) is 2.88. The summed E-state index contributed by atoms with van der Waals surface area (Å²) in [4.78, 5) is 28.1. The first kappa shape index (κ1) is 30.1. The number of sulfonamides is 1. The van der Waals surface area contributed by atoms with Gasteiger partial charge in [0.25, 0.3) is 10.0 Å². The molecule has 0 saturated heterocycles. The Morgan fingerprint density at radius 2 is 1.56 bits per heavy atom. The summed E-state index contributed by atoms with van der Waals surface area (Å²) >= 11 is 6.33. The van der Waals surface area contributed by atoms with Gasteiger partial charge in [-0.3, -0.25) is 13.9 Å². The average molecular weight is 574 g/mol. The largest absolute Gasteiger partial charge is 0.352 e. The third kappa shape index (κ3) is 7.36.